The summed E-state index contributed by atoms with van der Waals surface area (Å²) in [5, 5.41) is 8.45. The largest absolute Gasteiger partial charge is 0.465 e. The van der Waals surface area contributed by atoms with Crippen molar-refractivity contribution in [3.05, 3.63) is 33.3 Å². The van der Waals surface area contributed by atoms with E-state index in [9.17, 15) is 4.79 Å². The average molecular weight is 297 g/mol. The molecular weight excluding hydrogens is 283 g/mol. The van der Waals surface area contributed by atoms with E-state index in [1.807, 2.05) is 0 Å². The van der Waals surface area contributed by atoms with Crippen molar-refractivity contribution in [1.82, 2.24) is 0 Å². The Labute approximate surface area is 116 Å². The molecule has 1 aromatic rings. The maximum atomic E-state index is 11.2. The first-order valence-electron chi connectivity index (χ1n) is 4.74. The van der Waals surface area contributed by atoms with Gasteiger partial charge in [0.1, 0.15) is 0 Å². The number of carbonyl (C=O) groups is 1. The van der Waals surface area contributed by atoms with Gasteiger partial charge in [0.25, 0.3) is 0 Å². The summed E-state index contributed by atoms with van der Waals surface area (Å²) in [6.07, 6.45) is 0. The number of aryl methyl sites for hydroxylation is 1. The molecular formula is C11H14Cl2O3S. The molecule has 0 aliphatic heterocycles. The Morgan fingerprint density at radius 3 is 2.41 bits per heavy atom. The van der Waals surface area contributed by atoms with Crippen molar-refractivity contribution in [1.29, 1.82) is 0 Å². The highest BCUT2D eigenvalue weighted by Gasteiger charge is 2.16. The van der Waals surface area contributed by atoms with Gasteiger partial charge in [-0.1, -0.05) is 29.3 Å². The Morgan fingerprint density at radius 2 is 2.00 bits per heavy atom. The van der Waals surface area contributed by atoms with Gasteiger partial charge in [-0.15, -0.1) is 0 Å². The minimum absolute atomic E-state index is 0.184. The van der Waals surface area contributed by atoms with E-state index in [2.05, 4.69) is 17.4 Å². The van der Waals surface area contributed by atoms with E-state index >= 15 is 0 Å². The van der Waals surface area contributed by atoms with Gasteiger partial charge in [-0.3, -0.25) is 0 Å². The van der Waals surface area contributed by atoms with Crippen LogP contribution in [0.4, 0.5) is 0 Å². The van der Waals surface area contributed by atoms with Gasteiger partial charge in [0.15, 0.2) is 0 Å². The van der Waals surface area contributed by atoms with Crippen LogP contribution in [0.15, 0.2) is 12.1 Å². The van der Waals surface area contributed by atoms with Crippen LogP contribution in [-0.4, -0.2) is 30.5 Å². The van der Waals surface area contributed by atoms with Gasteiger partial charge < -0.3 is 9.84 Å². The van der Waals surface area contributed by atoms with E-state index in [0.29, 0.717) is 15.8 Å². The highest BCUT2D eigenvalue weighted by Crippen LogP contribution is 2.28. The normalized spacial score (nSPS) is 9.29. The van der Waals surface area contributed by atoms with E-state index in [4.69, 9.17) is 28.3 Å². The lowest BCUT2D eigenvalue weighted by Crippen LogP contribution is -2.03. The van der Waals surface area contributed by atoms with Crippen LogP contribution in [0, 0.1) is 6.92 Å². The standard InChI is InChI=1S/C9H8Cl2O2.C2H6OS/c1-5-3-4-6(10)7(8(5)11)9(12)13-2;3-1-2-4/h3-4H,1-2H3;3-4H,1-2H2. The molecule has 0 spiro atoms. The third kappa shape index (κ3) is 5.17. The molecule has 3 nitrogen and oxygen atoms in total. The van der Waals surface area contributed by atoms with E-state index in [1.54, 1.807) is 19.1 Å². The number of rotatable bonds is 2. The van der Waals surface area contributed by atoms with Gasteiger partial charge in [-0.2, -0.15) is 12.6 Å². The minimum atomic E-state index is -0.515. The fourth-order valence-corrected chi connectivity index (χ4v) is 1.47. The molecule has 0 unspecified atom stereocenters. The second kappa shape index (κ2) is 8.64. The van der Waals surface area contributed by atoms with Crippen molar-refractivity contribution < 1.29 is 14.6 Å². The van der Waals surface area contributed by atoms with Crippen LogP contribution in [0.2, 0.25) is 10.0 Å². The first-order chi connectivity index (χ1) is 7.99. The Kier molecular flexibility index (Phi) is 8.43. The molecule has 1 rings (SSSR count). The lowest BCUT2D eigenvalue weighted by molar-refractivity contribution is 0.0601. The molecule has 0 fully saturated rings. The minimum Gasteiger partial charge on any atom is -0.465 e. The zero-order valence-corrected chi connectivity index (χ0v) is 11.9. The number of thiol groups is 1. The zero-order valence-electron chi connectivity index (χ0n) is 9.54. The molecule has 0 amide bonds. The molecule has 0 heterocycles. The van der Waals surface area contributed by atoms with Gasteiger partial charge in [-0.25, -0.2) is 4.79 Å². The van der Waals surface area contributed by atoms with E-state index in [0.717, 1.165) is 5.56 Å². The van der Waals surface area contributed by atoms with Crippen LogP contribution < -0.4 is 0 Å². The first-order valence-corrected chi connectivity index (χ1v) is 6.13. The molecule has 0 aliphatic carbocycles. The summed E-state index contributed by atoms with van der Waals surface area (Å²) in [5.41, 5.74) is 1.03. The molecule has 0 radical (unpaired) electrons. The summed E-state index contributed by atoms with van der Waals surface area (Å²) in [4.78, 5) is 11.2. The molecule has 0 saturated heterocycles. The molecule has 0 aliphatic rings. The van der Waals surface area contributed by atoms with Crippen LogP contribution in [0.1, 0.15) is 15.9 Å². The van der Waals surface area contributed by atoms with Gasteiger partial charge in [0.05, 0.1) is 29.3 Å². The lowest BCUT2D eigenvalue weighted by Gasteiger charge is -2.06. The van der Waals surface area contributed by atoms with Crippen LogP contribution in [0.25, 0.3) is 0 Å². The van der Waals surface area contributed by atoms with Crippen LogP contribution in [0.5, 0.6) is 0 Å². The number of halogens is 2. The van der Waals surface area contributed by atoms with Crippen molar-refractivity contribution in [2.24, 2.45) is 0 Å². The number of aliphatic hydroxyl groups excluding tert-OH is 1. The number of carbonyl (C=O) groups excluding carboxylic acids is 1. The summed E-state index contributed by atoms with van der Waals surface area (Å²) < 4.78 is 4.55. The second-order valence-corrected chi connectivity index (χ2v) is 4.22. The molecule has 6 heteroatoms. The molecule has 0 aromatic heterocycles. The smallest absolute Gasteiger partial charge is 0.340 e. The number of benzene rings is 1. The van der Waals surface area contributed by atoms with Gasteiger partial charge in [-0.05, 0) is 18.6 Å². The number of esters is 1. The zero-order chi connectivity index (χ0) is 13.4. The predicted molar refractivity (Wildman–Crippen MR) is 73.5 cm³/mol. The van der Waals surface area contributed by atoms with E-state index in [1.165, 1.54) is 7.11 Å². The SMILES string of the molecule is COC(=O)c1c(Cl)ccc(C)c1Cl.OCCS. The third-order valence-electron chi connectivity index (χ3n) is 1.77. The van der Waals surface area contributed by atoms with Gasteiger partial charge in [0, 0.05) is 5.75 Å². The third-order valence-corrected chi connectivity index (χ3v) is 2.78. The molecule has 1 N–H and O–H groups in total. The Morgan fingerprint density at radius 1 is 1.47 bits per heavy atom. The summed E-state index contributed by atoms with van der Waals surface area (Å²) >= 11 is 15.3. The highest BCUT2D eigenvalue weighted by atomic mass is 35.5. The van der Waals surface area contributed by atoms with Crippen LogP contribution in [-0.2, 0) is 4.74 Å². The topological polar surface area (TPSA) is 46.5 Å². The molecule has 0 saturated carbocycles. The Bertz CT molecular complexity index is 381. The van der Waals surface area contributed by atoms with Crippen molar-refractivity contribution in [2.45, 2.75) is 6.92 Å². The summed E-state index contributed by atoms with van der Waals surface area (Å²) in [6.45, 7) is 1.98. The number of hydrogen-bond acceptors (Lipinski definition) is 4. The highest BCUT2D eigenvalue weighted by molar-refractivity contribution is 7.80. The number of methoxy groups -OCH3 is 1. The molecule has 0 bridgehead atoms. The molecule has 0 atom stereocenters. The quantitative estimate of drug-likeness (QED) is 0.651. The Balaban J connectivity index is 0.000000557. The molecule has 96 valence electrons. The van der Waals surface area contributed by atoms with Crippen molar-refractivity contribution in [2.75, 3.05) is 19.5 Å². The van der Waals surface area contributed by atoms with Crippen molar-refractivity contribution in [3.63, 3.8) is 0 Å². The maximum absolute atomic E-state index is 11.2. The molecule has 1 aromatic carbocycles. The maximum Gasteiger partial charge on any atom is 0.340 e. The summed E-state index contributed by atoms with van der Waals surface area (Å²) in [6, 6.07) is 3.37. The fraction of sp³-hybridized carbons (Fsp3) is 0.364. The van der Waals surface area contributed by atoms with Gasteiger partial charge in [0.2, 0.25) is 0 Å². The first kappa shape index (κ1) is 16.6. The summed E-state index contributed by atoms with van der Waals surface area (Å²) in [5.74, 6) is 0.0544. The van der Waals surface area contributed by atoms with E-state index in [-0.39, 0.29) is 12.2 Å². The average Bonchev–Trinajstić information content (AvgIpc) is 2.34. The van der Waals surface area contributed by atoms with Crippen molar-refractivity contribution >= 4 is 41.8 Å². The van der Waals surface area contributed by atoms with Crippen LogP contribution in [0.3, 0.4) is 0 Å². The van der Waals surface area contributed by atoms with E-state index < -0.39 is 5.97 Å². The lowest BCUT2D eigenvalue weighted by atomic mass is 10.1. The summed E-state index contributed by atoms with van der Waals surface area (Å²) in [7, 11) is 1.29. The Hall–Kier alpha value is -0.420. The fourth-order valence-electron chi connectivity index (χ4n) is 0.946. The van der Waals surface area contributed by atoms with Crippen LogP contribution >= 0.6 is 35.8 Å². The predicted octanol–water partition coefficient (Wildman–Crippen LogP) is 3.00. The number of aliphatic hydroxyl groups is 1. The number of hydrogen-bond donors (Lipinski definition) is 2. The molecule has 17 heavy (non-hydrogen) atoms. The number of ether oxygens (including phenoxy) is 1. The monoisotopic (exact) mass is 296 g/mol. The second-order valence-electron chi connectivity index (χ2n) is 2.99. The van der Waals surface area contributed by atoms with Gasteiger partial charge >= 0.3 is 5.97 Å². The van der Waals surface area contributed by atoms with Crippen molar-refractivity contribution in [3.8, 4) is 0 Å².